The molecule has 0 fully saturated rings. The molecule has 0 saturated carbocycles. The average molecular weight is 301 g/mol. The predicted molar refractivity (Wildman–Crippen MR) is 87.8 cm³/mol. The zero-order valence-corrected chi connectivity index (χ0v) is 14.4. The van der Waals surface area contributed by atoms with Crippen molar-refractivity contribution < 1.29 is 0 Å². The van der Waals surface area contributed by atoms with Crippen LogP contribution >= 0.6 is 11.6 Å². The van der Waals surface area contributed by atoms with Crippen LogP contribution < -0.4 is 4.90 Å². The molecule has 0 spiro atoms. The van der Waals surface area contributed by atoms with Crippen molar-refractivity contribution in [2.24, 2.45) is 7.05 Å². The van der Waals surface area contributed by atoms with Crippen molar-refractivity contribution in [1.29, 1.82) is 0 Å². The molecular formula is C15H29ClN4. The Hall–Kier alpha value is -0.740. The summed E-state index contributed by atoms with van der Waals surface area (Å²) >= 11 is 6.09. The number of alkyl halides is 1. The van der Waals surface area contributed by atoms with Gasteiger partial charge in [-0.3, -0.25) is 4.68 Å². The van der Waals surface area contributed by atoms with Gasteiger partial charge in [0.15, 0.2) is 0 Å². The zero-order valence-electron chi connectivity index (χ0n) is 13.6. The first kappa shape index (κ1) is 17.3. The maximum Gasteiger partial charge on any atom is 0.131 e. The molecule has 0 aliphatic rings. The zero-order chi connectivity index (χ0) is 15.1. The van der Waals surface area contributed by atoms with E-state index >= 15 is 0 Å². The monoisotopic (exact) mass is 300 g/mol. The number of nitrogens with zero attached hydrogens (tertiary/aromatic N) is 4. The van der Waals surface area contributed by atoms with Crippen LogP contribution in [-0.4, -0.2) is 47.4 Å². The number of halogens is 1. The Morgan fingerprint density at radius 1 is 1.10 bits per heavy atom. The number of aromatic nitrogens is 2. The summed E-state index contributed by atoms with van der Waals surface area (Å²) in [5.41, 5.74) is 2.21. The second-order valence-electron chi connectivity index (χ2n) is 5.10. The Balaban J connectivity index is 2.71. The topological polar surface area (TPSA) is 24.3 Å². The van der Waals surface area contributed by atoms with Gasteiger partial charge in [0, 0.05) is 25.7 Å². The van der Waals surface area contributed by atoms with Crippen molar-refractivity contribution in [3.05, 3.63) is 11.3 Å². The molecule has 0 atom stereocenters. The van der Waals surface area contributed by atoms with Crippen molar-refractivity contribution in [2.75, 3.05) is 37.6 Å². The molecule has 0 amide bonds. The molecule has 4 nitrogen and oxygen atoms in total. The van der Waals surface area contributed by atoms with Crippen LogP contribution in [0.2, 0.25) is 0 Å². The van der Waals surface area contributed by atoms with Crippen LogP contribution in [0.4, 0.5) is 5.82 Å². The van der Waals surface area contributed by atoms with Crippen molar-refractivity contribution >= 4 is 17.4 Å². The fourth-order valence-electron chi connectivity index (χ4n) is 2.68. The fourth-order valence-corrected chi connectivity index (χ4v) is 2.99. The third-order valence-corrected chi connectivity index (χ3v) is 4.19. The van der Waals surface area contributed by atoms with E-state index in [1.807, 2.05) is 18.7 Å². The Bertz CT molecular complexity index is 399. The lowest BCUT2D eigenvalue weighted by molar-refractivity contribution is 0.300. The van der Waals surface area contributed by atoms with E-state index in [0.717, 1.165) is 38.4 Å². The van der Waals surface area contributed by atoms with E-state index in [-0.39, 0.29) is 0 Å². The molecule has 1 heterocycles. The Kier molecular flexibility index (Phi) is 7.38. The molecule has 0 saturated heterocycles. The van der Waals surface area contributed by atoms with Gasteiger partial charge in [-0.2, -0.15) is 5.10 Å². The molecule has 0 aromatic carbocycles. The number of rotatable bonds is 9. The van der Waals surface area contributed by atoms with Gasteiger partial charge in [0.25, 0.3) is 0 Å². The van der Waals surface area contributed by atoms with Gasteiger partial charge in [0.05, 0.1) is 11.6 Å². The van der Waals surface area contributed by atoms with Crippen LogP contribution in [0.1, 0.15) is 38.4 Å². The van der Waals surface area contributed by atoms with Crippen LogP contribution in [0.3, 0.4) is 0 Å². The number of anilines is 1. The summed E-state index contributed by atoms with van der Waals surface area (Å²) < 4.78 is 1.97. The summed E-state index contributed by atoms with van der Waals surface area (Å²) in [6, 6.07) is 0. The second kappa shape index (κ2) is 8.53. The highest BCUT2D eigenvalue weighted by atomic mass is 35.5. The molecule has 0 bridgehead atoms. The first-order chi connectivity index (χ1) is 9.58. The minimum Gasteiger partial charge on any atom is -0.357 e. The van der Waals surface area contributed by atoms with Crippen LogP contribution in [0.5, 0.6) is 0 Å². The standard InChI is InChI=1S/C15H29ClN4/c1-6-19(7-2)10-9-11-20(8-3)15-14(12-16)13(4)17-18(15)5/h6-12H2,1-5H3. The molecule has 1 aromatic rings. The fraction of sp³-hybridized carbons (Fsp3) is 0.800. The van der Waals surface area contributed by atoms with E-state index in [1.165, 1.54) is 17.8 Å². The maximum absolute atomic E-state index is 6.09. The SMILES string of the molecule is CCN(CC)CCCN(CC)c1c(CCl)c(C)nn1C. The number of hydrogen-bond acceptors (Lipinski definition) is 3. The van der Waals surface area contributed by atoms with Gasteiger partial charge in [0.2, 0.25) is 0 Å². The van der Waals surface area contributed by atoms with Crippen LogP contribution in [-0.2, 0) is 12.9 Å². The molecule has 1 rings (SSSR count). The Morgan fingerprint density at radius 2 is 1.75 bits per heavy atom. The smallest absolute Gasteiger partial charge is 0.131 e. The highest BCUT2D eigenvalue weighted by Gasteiger charge is 2.17. The quantitative estimate of drug-likeness (QED) is 0.655. The van der Waals surface area contributed by atoms with Gasteiger partial charge < -0.3 is 9.80 Å². The van der Waals surface area contributed by atoms with Gasteiger partial charge in [-0.05, 0) is 39.9 Å². The Morgan fingerprint density at radius 3 is 2.25 bits per heavy atom. The minimum atomic E-state index is 0.529. The molecule has 0 unspecified atom stereocenters. The van der Waals surface area contributed by atoms with Gasteiger partial charge in [0.1, 0.15) is 5.82 Å². The van der Waals surface area contributed by atoms with Crippen molar-refractivity contribution in [1.82, 2.24) is 14.7 Å². The van der Waals surface area contributed by atoms with E-state index in [9.17, 15) is 0 Å². The summed E-state index contributed by atoms with van der Waals surface area (Å²) in [5, 5.41) is 4.51. The number of aryl methyl sites for hydroxylation is 2. The summed E-state index contributed by atoms with van der Waals surface area (Å²) in [5.74, 6) is 1.71. The minimum absolute atomic E-state index is 0.529. The molecule has 5 heteroatoms. The van der Waals surface area contributed by atoms with Crippen LogP contribution in [0.25, 0.3) is 0 Å². The van der Waals surface area contributed by atoms with E-state index in [0.29, 0.717) is 5.88 Å². The number of hydrogen-bond donors (Lipinski definition) is 0. The third-order valence-electron chi connectivity index (χ3n) is 3.92. The van der Waals surface area contributed by atoms with Crippen LogP contribution in [0.15, 0.2) is 0 Å². The van der Waals surface area contributed by atoms with Gasteiger partial charge >= 0.3 is 0 Å². The molecule has 1 aromatic heterocycles. The van der Waals surface area contributed by atoms with E-state index in [2.05, 4.69) is 35.7 Å². The summed E-state index contributed by atoms with van der Waals surface area (Å²) in [7, 11) is 2.01. The van der Waals surface area contributed by atoms with E-state index < -0.39 is 0 Å². The summed E-state index contributed by atoms with van der Waals surface area (Å²) in [6.45, 7) is 14.1. The Labute approximate surface area is 128 Å². The summed E-state index contributed by atoms with van der Waals surface area (Å²) in [4.78, 5) is 4.85. The molecule has 116 valence electrons. The largest absolute Gasteiger partial charge is 0.357 e. The molecule has 0 aliphatic carbocycles. The van der Waals surface area contributed by atoms with E-state index in [1.54, 1.807) is 0 Å². The molecule has 20 heavy (non-hydrogen) atoms. The van der Waals surface area contributed by atoms with Crippen molar-refractivity contribution in [2.45, 2.75) is 40.0 Å². The lowest BCUT2D eigenvalue weighted by Crippen LogP contribution is -2.31. The van der Waals surface area contributed by atoms with E-state index in [4.69, 9.17) is 11.6 Å². The van der Waals surface area contributed by atoms with Crippen molar-refractivity contribution in [3.63, 3.8) is 0 Å². The van der Waals surface area contributed by atoms with Crippen LogP contribution in [0, 0.1) is 6.92 Å². The highest BCUT2D eigenvalue weighted by molar-refractivity contribution is 6.17. The lowest BCUT2D eigenvalue weighted by Gasteiger charge is -2.26. The maximum atomic E-state index is 6.09. The molecule has 0 aliphatic heterocycles. The first-order valence-corrected chi connectivity index (χ1v) is 8.18. The highest BCUT2D eigenvalue weighted by Crippen LogP contribution is 2.24. The lowest BCUT2D eigenvalue weighted by atomic mass is 10.2. The first-order valence-electron chi connectivity index (χ1n) is 7.64. The molecule has 0 radical (unpaired) electrons. The normalized spacial score (nSPS) is 11.3. The van der Waals surface area contributed by atoms with Gasteiger partial charge in [-0.15, -0.1) is 11.6 Å². The second-order valence-corrected chi connectivity index (χ2v) is 5.37. The predicted octanol–water partition coefficient (Wildman–Crippen LogP) is 3.03. The molecular weight excluding hydrogens is 272 g/mol. The van der Waals surface area contributed by atoms with Gasteiger partial charge in [-0.25, -0.2) is 0 Å². The molecule has 0 N–H and O–H groups in total. The average Bonchev–Trinajstić information content (AvgIpc) is 2.73. The van der Waals surface area contributed by atoms with Crippen molar-refractivity contribution in [3.8, 4) is 0 Å². The third kappa shape index (κ3) is 4.13. The van der Waals surface area contributed by atoms with Gasteiger partial charge in [-0.1, -0.05) is 13.8 Å². The summed E-state index contributed by atoms with van der Waals surface area (Å²) in [6.07, 6.45) is 1.17.